The van der Waals surface area contributed by atoms with Gasteiger partial charge in [-0.15, -0.1) is 11.8 Å². The number of nitrogens with two attached hydrogens (primary N) is 1. The van der Waals surface area contributed by atoms with Gasteiger partial charge in [-0.05, 0) is 12.8 Å². The standard InChI is InChI=1S/C12H19NOS/c1-8(2)15-9-10(13)12(11(9)14)6-4-3-5-7-12/h8H,3-7,13H2,1-2H3. The first-order chi connectivity index (χ1) is 7.08. The van der Waals surface area contributed by atoms with E-state index in [2.05, 4.69) is 13.8 Å². The Kier molecular flexibility index (Phi) is 2.84. The molecule has 0 atom stereocenters. The van der Waals surface area contributed by atoms with E-state index in [1.165, 1.54) is 6.42 Å². The minimum absolute atomic E-state index is 0.227. The van der Waals surface area contributed by atoms with Crippen LogP contribution in [0.4, 0.5) is 0 Å². The van der Waals surface area contributed by atoms with E-state index < -0.39 is 0 Å². The van der Waals surface area contributed by atoms with Gasteiger partial charge in [0.25, 0.3) is 0 Å². The molecule has 0 amide bonds. The SMILES string of the molecule is CC(C)SC1=C(N)C2(CCCCC2)C1=O. The maximum Gasteiger partial charge on any atom is 0.182 e. The molecule has 1 saturated carbocycles. The van der Waals surface area contributed by atoms with Gasteiger partial charge in [-0.1, -0.05) is 33.1 Å². The Morgan fingerprint density at radius 2 is 1.87 bits per heavy atom. The zero-order valence-corrected chi connectivity index (χ0v) is 10.3. The third-order valence-electron chi connectivity index (χ3n) is 3.46. The van der Waals surface area contributed by atoms with Crippen molar-refractivity contribution in [2.45, 2.75) is 51.2 Å². The lowest BCUT2D eigenvalue weighted by molar-refractivity contribution is -0.126. The van der Waals surface area contributed by atoms with E-state index in [1.54, 1.807) is 11.8 Å². The molecule has 0 bridgehead atoms. The van der Waals surface area contributed by atoms with Gasteiger partial charge in [-0.2, -0.15) is 0 Å². The van der Waals surface area contributed by atoms with Crippen molar-refractivity contribution in [3.63, 3.8) is 0 Å². The van der Waals surface area contributed by atoms with Crippen molar-refractivity contribution in [1.82, 2.24) is 0 Å². The predicted octanol–water partition coefficient (Wildman–Crippen LogP) is 2.83. The third-order valence-corrected chi connectivity index (χ3v) is 4.57. The largest absolute Gasteiger partial charge is 0.400 e. The van der Waals surface area contributed by atoms with E-state index >= 15 is 0 Å². The molecule has 0 aromatic carbocycles. The molecule has 2 aliphatic carbocycles. The van der Waals surface area contributed by atoms with Crippen molar-refractivity contribution in [1.29, 1.82) is 0 Å². The number of hydrogen-bond acceptors (Lipinski definition) is 3. The van der Waals surface area contributed by atoms with Crippen LogP contribution in [0.25, 0.3) is 0 Å². The van der Waals surface area contributed by atoms with Crippen LogP contribution in [0.5, 0.6) is 0 Å². The number of rotatable bonds is 2. The van der Waals surface area contributed by atoms with Crippen molar-refractivity contribution >= 4 is 17.5 Å². The molecule has 1 spiro atoms. The zero-order chi connectivity index (χ0) is 11.1. The van der Waals surface area contributed by atoms with E-state index in [0.29, 0.717) is 11.0 Å². The van der Waals surface area contributed by atoms with Crippen LogP contribution in [-0.2, 0) is 4.79 Å². The van der Waals surface area contributed by atoms with Crippen LogP contribution in [0.3, 0.4) is 0 Å². The molecular weight excluding hydrogens is 206 g/mol. The zero-order valence-electron chi connectivity index (χ0n) is 9.51. The molecular formula is C12H19NOS. The average molecular weight is 225 g/mol. The Morgan fingerprint density at radius 1 is 1.27 bits per heavy atom. The van der Waals surface area contributed by atoms with E-state index in [9.17, 15) is 4.79 Å². The van der Waals surface area contributed by atoms with Crippen LogP contribution in [0.2, 0.25) is 0 Å². The molecule has 2 nitrogen and oxygen atoms in total. The topological polar surface area (TPSA) is 43.1 Å². The van der Waals surface area contributed by atoms with Gasteiger partial charge in [0.2, 0.25) is 0 Å². The van der Waals surface area contributed by atoms with Crippen LogP contribution in [-0.4, -0.2) is 11.0 Å². The second-order valence-electron chi connectivity index (χ2n) is 4.88. The first-order valence-electron chi connectivity index (χ1n) is 5.79. The van der Waals surface area contributed by atoms with Gasteiger partial charge in [0, 0.05) is 10.9 Å². The fraction of sp³-hybridized carbons (Fsp3) is 0.750. The Morgan fingerprint density at radius 3 is 2.33 bits per heavy atom. The third kappa shape index (κ3) is 1.61. The maximum atomic E-state index is 12.1. The van der Waals surface area contributed by atoms with Crippen LogP contribution >= 0.6 is 11.8 Å². The molecule has 0 radical (unpaired) electrons. The molecule has 3 heteroatoms. The molecule has 1 fully saturated rings. The molecule has 0 unspecified atom stereocenters. The fourth-order valence-electron chi connectivity index (χ4n) is 2.62. The highest BCUT2D eigenvalue weighted by Gasteiger charge is 2.52. The summed E-state index contributed by atoms with van der Waals surface area (Å²) in [5.41, 5.74) is 6.78. The molecule has 15 heavy (non-hydrogen) atoms. The van der Waals surface area contributed by atoms with Gasteiger partial charge in [0.1, 0.15) is 0 Å². The van der Waals surface area contributed by atoms with Crippen LogP contribution in [0, 0.1) is 5.41 Å². The molecule has 0 saturated heterocycles. The van der Waals surface area contributed by atoms with Crippen LogP contribution < -0.4 is 5.73 Å². The van der Waals surface area contributed by atoms with Crippen LogP contribution in [0.15, 0.2) is 10.6 Å². The predicted molar refractivity (Wildman–Crippen MR) is 64.5 cm³/mol. The van der Waals surface area contributed by atoms with Gasteiger partial charge in [0.05, 0.1) is 10.3 Å². The number of hydrogen-bond donors (Lipinski definition) is 1. The molecule has 2 N–H and O–H groups in total. The first-order valence-corrected chi connectivity index (χ1v) is 6.67. The van der Waals surface area contributed by atoms with Crippen molar-refractivity contribution < 1.29 is 4.79 Å². The highest BCUT2D eigenvalue weighted by molar-refractivity contribution is 8.04. The Hall–Kier alpha value is -0.440. The Bertz CT molecular complexity index is 314. The lowest BCUT2D eigenvalue weighted by Gasteiger charge is -2.44. The molecule has 84 valence electrons. The molecule has 2 rings (SSSR count). The van der Waals surface area contributed by atoms with Gasteiger partial charge in [0.15, 0.2) is 5.78 Å². The number of allylic oxidation sites excluding steroid dienone is 2. The minimum Gasteiger partial charge on any atom is -0.400 e. The monoisotopic (exact) mass is 225 g/mol. The maximum absolute atomic E-state index is 12.1. The average Bonchev–Trinajstić information content (AvgIpc) is 2.25. The highest BCUT2D eigenvalue weighted by Crippen LogP contribution is 2.53. The molecule has 2 aliphatic rings. The lowest BCUT2D eigenvalue weighted by Crippen LogP contribution is -2.48. The van der Waals surface area contributed by atoms with Crippen LogP contribution in [0.1, 0.15) is 46.0 Å². The Labute approximate surface area is 95.7 Å². The van der Waals surface area contributed by atoms with Gasteiger partial charge >= 0.3 is 0 Å². The number of thioether (sulfide) groups is 1. The summed E-state index contributed by atoms with van der Waals surface area (Å²) in [5, 5.41) is 0.448. The van der Waals surface area contributed by atoms with E-state index in [4.69, 9.17) is 5.73 Å². The number of carbonyl (C=O) groups excluding carboxylic acids is 1. The molecule has 0 heterocycles. The van der Waals surface area contributed by atoms with Crippen molar-refractivity contribution in [3.05, 3.63) is 10.6 Å². The first kappa shape index (κ1) is 11.1. The summed E-state index contributed by atoms with van der Waals surface area (Å²) in [7, 11) is 0. The second kappa shape index (κ2) is 3.85. The summed E-state index contributed by atoms with van der Waals surface area (Å²) in [6.45, 7) is 4.20. The van der Waals surface area contributed by atoms with Crippen molar-refractivity contribution in [2.75, 3.05) is 0 Å². The van der Waals surface area contributed by atoms with Gasteiger partial charge in [-0.25, -0.2) is 0 Å². The normalized spacial score (nSPS) is 24.9. The quantitative estimate of drug-likeness (QED) is 0.786. The van der Waals surface area contributed by atoms with Crippen molar-refractivity contribution in [2.24, 2.45) is 11.1 Å². The molecule has 0 aromatic rings. The highest BCUT2D eigenvalue weighted by atomic mass is 32.2. The fourth-order valence-corrected chi connectivity index (χ4v) is 3.72. The summed E-state index contributed by atoms with van der Waals surface area (Å²) in [5.74, 6) is 0.332. The van der Waals surface area contributed by atoms with Crippen molar-refractivity contribution in [3.8, 4) is 0 Å². The van der Waals surface area contributed by atoms with Gasteiger partial charge in [-0.3, -0.25) is 4.79 Å². The number of ketones is 1. The Balaban J connectivity index is 2.18. The minimum atomic E-state index is -0.227. The lowest BCUT2D eigenvalue weighted by atomic mass is 9.62. The summed E-state index contributed by atoms with van der Waals surface area (Å²) in [4.78, 5) is 13.0. The number of carbonyl (C=O) groups is 1. The number of Topliss-reactive ketones (excluding diaryl/α,β-unsaturated/α-hetero) is 1. The summed E-state index contributed by atoms with van der Waals surface area (Å²) >= 11 is 1.63. The summed E-state index contributed by atoms with van der Waals surface area (Å²) in [6.07, 6.45) is 5.55. The summed E-state index contributed by atoms with van der Waals surface area (Å²) < 4.78 is 0. The molecule has 0 aliphatic heterocycles. The molecule has 0 aromatic heterocycles. The summed E-state index contributed by atoms with van der Waals surface area (Å²) in [6, 6.07) is 0. The van der Waals surface area contributed by atoms with Gasteiger partial charge < -0.3 is 5.73 Å². The second-order valence-corrected chi connectivity index (χ2v) is 6.47. The van der Waals surface area contributed by atoms with E-state index in [-0.39, 0.29) is 5.41 Å². The van der Waals surface area contributed by atoms with E-state index in [0.717, 1.165) is 36.3 Å². The van der Waals surface area contributed by atoms with E-state index in [1.807, 2.05) is 0 Å². The smallest absolute Gasteiger partial charge is 0.182 e.